The topological polar surface area (TPSA) is 86.5 Å². The maximum absolute atomic E-state index is 11.5. The second-order valence-electron chi connectivity index (χ2n) is 2.99. The summed E-state index contributed by atoms with van der Waals surface area (Å²) in [5, 5.41) is 10.7. The molecule has 0 saturated carbocycles. The van der Waals surface area contributed by atoms with Crippen molar-refractivity contribution in [2.75, 3.05) is 12.9 Å². The van der Waals surface area contributed by atoms with Gasteiger partial charge in [-0.2, -0.15) is 0 Å². The average molecular weight is 245 g/mol. The van der Waals surface area contributed by atoms with Gasteiger partial charge in [0, 0.05) is 6.07 Å². The molecular formula is C9H11NO5S. The lowest BCUT2D eigenvalue weighted by Crippen LogP contribution is -2.04. The molecule has 88 valence electrons. The Kier molecular flexibility index (Phi) is 3.48. The van der Waals surface area contributed by atoms with Crippen LogP contribution in [-0.2, 0) is 9.84 Å². The zero-order chi connectivity index (χ0) is 12.3. The van der Waals surface area contributed by atoms with Gasteiger partial charge in [-0.15, -0.1) is 0 Å². The molecule has 0 aliphatic heterocycles. The highest BCUT2D eigenvalue weighted by atomic mass is 32.2. The van der Waals surface area contributed by atoms with E-state index in [-0.39, 0.29) is 22.1 Å². The van der Waals surface area contributed by atoms with Crippen LogP contribution in [0, 0.1) is 10.1 Å². The molecule has 6 nitrogen and oxygen atoms in total. The molecule has 0 spiro atoms. The molecule has 7 heteroatoms. The van der Waals surface area contributed by atoms with Crippen molar-refractivity contribution in [3.8, 4) is 5.75 Å². The van der Waals surface area contributed by atoms with Crippen LogP contribution < -0.4 is 4.74 Å². The average Bonchev–Trinajstić information content (AvgIpc) is 2.28. The number of sulfone groups is 1. The van der Waals surface area contributed by atoms with Crippen molar-refractivity contribution in [1.82, 2.24) is 0 Å². The second-order valence-corrected chi connectivity index (χ2v) is 5.27. The Balaban J connectivity index is 3.39. The number of nitro groups is 1. The predicted octanol–water partition coefficient (Wildman–Crippen LogP) is 1.40. The normalized spacial score (nSPS) is 11.1. The van der Waals surface area contributed by atoms with Crippen LogP contribution in [0.5, 0.6) is 5.75 Å². The van der Waals surface area contributed by atoms with Gasteiger partial charge in [0.05, 0.1) is 22.7 Å². The van der Waals surface area contributed by atoms with Gasteiger partial charge in [-0.1, -0.05) is 6.92 Å². The lowest BCUT2D eigenvalue weighted by atomic mass is 10.3. The molecule has 0 bridgehead atoms. The fourth-order valence-electron chi connectivity index (χ4n) is 1.17. The highest BCUT2D eigenvalue weighted by Gasteiger charge is 2.20. The summed E-state index contributed by atoms with van der Waals surface area (Å²) >= 11 is 0. The van der Waals surface area contributed by atoms with Gasteiger partial charge in [0.1, 0.15) is 0 Å². The Hall–Kier alpha value is -1.63. The molecule has 0 heterocycles. The largest absolute Gasteiger partial charge is 0.490 e. The summed E-state index contributed by atoms with van der Waals surface area (Å²) in [7, 11) is -2.15. The molecule has 1 aromatic rings. The summed E-state index contributed by atoms with van der Waals surface area (Å²) in [4.78, 5) is 9.94. The number of ether oxygens (including phenoxy) is 1. The van der Waals surface area contributed by atoms with Crippen LogP contribution >= 0.6 is 0 Å². The van der Waals surface area contributed by atoms with E-state index in [1.54, 1.807) is 0 Å². The molecule has 1 aromatic carbocycles. The third kappa shape index (κ3) is 2.30. The van der Waals surface area contributed by atoms with Gasteiger partial charge in [-0.25, -0.2) is 8.42 Å². The van der Waals surface area contributed by atoms with Gasteiger partial charge >= 0.3 is 5.69 Å². The van der Waals surface area contributed by atoms with E-state index >= 15 is 0 Å². The van der Waals surface area contributed by atoms with E-state index in [0.29, 0.717) is 0 Å². The molecule has 0 N–H and O–H groups in total. The molecule has 16 heavy (non-hydrogen) atoms. The Labute approximate surface area is 92.9 Å². The van der Waals surface area contributed by atoms with Crippen molar-refractivity contribution < 1.29 is 18.1 Å². The van der Waals surface area contributed by atoms with E-state index in [1.807, 2.05) is 0 Å². The number of hydrogen-bond acceptors (Lipinski definition) is 5. The minimum Gasteiger partial charge on any atom is -0.490 e. The smallest absolute Gasteiger partial charge is 0.312 e. The van der Waals surface area contributed by atoms with Gasteiger partial charge in [0.2, 0.25) is 0 Å². The number of benzene rings is 1. The molecule has 0 saturated heterocycles. The van der Waals surface area contributed by atoms with E-state index in [0.717, 1.165) is 6.07 Å². The maximum atomic E-state index is 11.5. The number of hydrogen-bond donors (Lipinski definition) is 0. The molecule has 0 aliphatic carbocycles. The molecule has 0 radical (unpaired) electrons. The first-order valence-electron chi connectivity index (χ1n) is 4.47. The maximum Gasteiger partial charge on any atom is 0.312 e. The highest BCUT2D eigenvalue weighted by Crippen LogP contribution is 2.29. The van der Waals surface area contributed by atoms with Crippen LogP contribution in [0.4, 0.5) is 5.69 Å². The van der Waals surface area contributed by atoms with Crippen LogP contribution in [-0.4, -0.2) is 26.2 Å². The molecule has 0 aromatic heterocycles. The SMILES string of the molecule is CCS(=O)(=O)c1ccc(OC)c([N+](=O)[O-])c1. The lowest BCUT2D eigenvalue weighted by Gasteiger charge is -2.04. The quantitative estimate of drug-likeness (QED) is 0.591. The summed E-state index contributed by atoms with van der Waals surface area (Å²) in [6.07, 6.45) is 0. The number of rotatable bonds is 4. The monoisotopic (exact) mass is 245 g/mol. The summed E-state index contributed by atoms with van der Waals surface area (Å²) in [6, 6.07) is 3.59. The Morgan fingerprint density at radius 2 is 2.06 bits per heavy atom. The number of methoxy groups -OCH3 is 1. The van der Waals surface area contributed by atoms with E-state index in [4.69, 9.17) is 4.74 Å². The van der Waals surface area contributed by atoms with Crippen molar-refractivity contribution in [3.05, 3.63) is 28.3 Å². The first kappa shape index (κ1) is 12.4. The van der Waals surface area contributed by atoms with Gasteiger partial charge in [0.15, 0.2) is 15.6 Å². The zero-order valence-corrected chi connectivity index (χ0v) is 9.65. The first-order valence-corrected chi connectivity index (χ1v) is 6.12. The van der Waals surface area contributed by atoms with Crippen LogP contribution in [0.2, 0.25) is 0 Å². The van der Waals surface area contributed by atoms with E-state index in [1.165, 1.54) is 26.2 Å². The molecular weight excluding hydrogens is 234 g/mol. The van der Waals surface area contributed by atoms with Gasteiger partial charge < -0.3 is 4.74 Å². The first-order chi connectivity index (χ1) is 7.42. The fraction of sp³-hybridized carbons (Fsp3) is 0.333. The minimum absolute atomic E-state index is 0.0417. The molecule has 0 atom stereocenters. The molecule has 0 aliphatic rings. The van der Waals surface area contributed by atoms with E-state index in [2.05, 4.69) is 0 Å². The van der Waals surface area contributed by atoms with Gasteiger partial charge in [-0.3, -0.25) is 10.1 Å². The standard InChI is InChI=1S/C9H11NO5S/c1-3-16(13,14)7-4-5-9(15-2)8(6-7)10(11)12/h4-6H,3H2,1-2H3. The Bertz CT molecular complexity index is 509. The molecule has 0 fully saturated rings. The van der Waals surface area contributed by atoms with Crippen molar-refractivity contribution in [1.29, 1.82) is 0 Å². The summed E-state index contributed by atoms with van der Waals surface area (Å²) in [6.45, 7) is 1.48. The Morgan fingerprint density at radius 3 is 2.50 bits per heavy atom. The Morgan fingerprint density at radius 1 is 1.44 bits per heavy atom. The van der Waals surface area contributed by atoms with Crippen molar-refractivity contribution in [2.24, 2.45) is 0 Å². The summed E-state index contributed by atoms with van der Waals surface area (Å²) in [5.74, 6) is -0.0590. The third-order valence-corrected chi connectivity index (χ3v) is 3.82. The van der Waals surface area contributed by atoms with Crippen molar-refractivity contribution in [3.63, 3.8) is 0 Å². The molecule has 0 unspecified atom stereocenters. The van der Waals surface area contributed by atoms with Gasteiger partial charge in [-0.05, 0) is 12.1 Å². The van der Waals surface area contributed by atoms with Crippen molar-refractivity contribution in [2.45, 2.75) is 11.8 Å². The van der Waals surface area contributed by atoms with Crippen LogP contribution in [0.3, 0.4) is 0 Å². The molecule has 0 amide bonds. The highest BCUT2D eigenvalue weighted by molar-refractivity contribution is 7.91. The van der Waals surface area contributed by atoms with Crippen LogP contribution in [0.1, 0.15) is 6.92 Å². The van der Waals surface area contributed by atoms with Gasteiger partial charge in [0.25, 0.3) is 0 Å². The summed E-state index contributed by atoms with van der Waals surface area (Å²) in [5.41, 5.74) is -0.350. The fourth-order valence-corrected chi connectivity index (χ4v) is 2.07. The lowest BCUT2D eigenvalue weighted by molar-refractivity contribution is -0.386. The molecule has 1 rings (SSSR count). The van der Waals surface area contributed by atoms with Crippen LogP contribution in [0.25, 0.3) is 0 Å². The van der Waals surface area contributed by atoms with Crippen molar-refractivity contribution >= 4 is 15.5 Å². The second kappa shape index (κ2) is 4.48. The van der Waals surface area contributed by atoms with Crippen LogP contribution in [0.15, 0.2) is 23.1 Å². The third-order valence-electron chi connectivity index (χ3n) is 2.09. The summed E-state index contributed by atoms with van der Waals surface area (Å²) < 4.78 is 27.8. The number of nitro benzene ring substituents is 1. The zero-order valence-electron chi connectivity index (χ0n) is 8.84. The predicted molar refractivity (Wildman–Crippen MR) is 57.4 cm³/mol. The van der Waals surface area contributed by atoms with E-state index in [9.17, 15) is 18.5 Å². The minimum atomic E-state index is -3.44. The van der Waals surface area contributed by atoms with E-state index < -0.39 is 14.8 Å². The number of nitrogens with zero attached hydrogens (tertiary/aromatic N) is 1.